The molecule has 5 rings (SSSR count). The number of halogens is 2. The summed E-state index contributed by atoms with van der Waals surface area (Å²) in [5.74, 6) is -2.15. The van der Waals surface area contributed by atoms with Crippen LogP contribution < -0.4 is 0 Å². The van der Waals surface area contributed by atoms with E-state index in [0.717, 1.165) is 0 Å². The second kappa shape index (κ2) is 10.8. The zero-order valence-corrected chi connectivity index (χ0v) is 22.0. The first-order chi connectivity index (χ1) is 21.3. The Hall–Kier alpha value is -7.60. The summed E-state index contributed by atoms with van der Waals surface area (Å²) in [6.45, 7) is 14.7. The van der Waals surface area contributed by atoms with Gasteiger partial charge in [-0.15, -0.1) is 0 Å². The molecule has 0 heterocycles. The average Bonchev–Trinajstić information content (AvgIpc) is 3.48. The smallest absolute Gasteiger partial charge is 0.177 e. The van der Waals surface area contributed by atoms with Crippen molar-refractivity contribution in [3.8, 4) is 36.4 Å². The van der Waals surface area contributed by atoms with Gasteiger partial charge in [-0.2, -0.15) is 31.6 Å². The summed E-state index contributed by atoms with van der Waals surface area (Å²) in [5.41, 5.74) is -2.18. The van der Waals surface area contributed by atoms with Crippen molar-refractivity contribution in [1.82, 2.24) is 0 Å². The van der Waals surface area contributed by atoms with Crippen LogP contribution in [0.15, 0.2) is 60.2 Å². The lowest BCUT2D eigenvalue weighted by molar-refractivity contribution is 0.682. The van der Waals surface area contributed by atoms with Crippen molar-refractivity contribution >= 4 is 44.8 Å². The van der Waals surface area contributed by atoms with Gasteiger partial charge in [-0.3, -0.25) is 0 Å². The molecule has 0 aromatic heterocycles. The van der Waals surface area contributed by atoms with Gasteiger partial charge in [-0.05, 0) is 52.6 Å². The van der Waals surface area contributed by atoms with Crippen LogP contribution in [0.5, 0.6) is 0 Å². The van der Waals surface area contributed by atoms with Gasteiger partial charge in [0.1, 0.15) is 24.3 Å². The van der Waals surface area contributed by atoms with E-state index in [0.29, 0.717) is 0 Å². The van der Waals surface area contributed by atoms with Gasteiger partial charge in [-0.1, -0.05) is 18.2 Å². The lowest BCUT2D eigenvalue weighted by atomic mass is 9.89. The quantitative estimate of drug-likeness (QED) is 0.228. The number of rotatable bonds is 2. The highest BCUT2D eigenvalue weighted by Gasteiger charge is 2.37. The Bertz CT molecular complexity index is 2150. The summed E-state index contributed by atoms with van der Waals surface area (Å²) in [4.78, 5) is 6.60. The van der Waals surface area contributed by atoms with Crippen molar-refractivity contribution in [2.24, 2.45) is 0 Å². The molecule has 2 aliphatic carbocycles. The largest absolute Gasteiger partial charge is 0.239 e. The first kappa shape index (κ1) is 27.9. The van der Waals surface area contributed by atoms with E-state index >= 15 is 8.78 Å². The fourth-order valence-corrected chi connectivity index (χ4v) is 5.16. The van der Waals surface area contributed by atoms with E-state index in [2.05, 4.69) is 9.69 Å². The van der Waals surface area contributed by atoms with Crippen molar-refractivity contribution in [3.63, 3.8) is 0 Å². The predicted octanol–water partition coefficient (Wildman–Crippen LogP) is 7.84. The maximum absolute atomic E-state index is 16.0. The first-order valence-electron chi connectivity index (χ1n) is 12.2. The van der Waals surface area contributed by atoms with E-state index in [-0.39, 0.29) is 78.2 Å². The first-order valence-corrected chi connectivity index (χ1v) is 12.2. The summed E-state index contributed by atoms with van der Waals surface area (Å²) in [7, 11) is 0. The predicted molar refractivity (Wildman–Crippen MR) is 153 cm³/mol. The van der Waals surface area contributed by atoms with Gasteiger partial charge in [0.15, 0.2) is 23.0 Å². The molecule has 0 N–H and O–H groups in total. The van der Waals surface area contributed by atoms with E-state index in [1.807, 2.05) is 24.3 Å². The average molecular weight is 566 g/mol. The topological polar surface area (TPSA) is 151 Å². The van der Waals surface area contributed by atoms with Crippen LogP contribution in [0, 0.1) is 81.1 Å². The summed E-state index contributed by atoms with van der Waals surface area (Å²) in [6.07, 6.45) is 0. The molecule has 0 radical (unpaired) electrons. The van der Waals surface area contributed by atoms with Crippen LogP contribution in [0.2, 0.25) is 0 Å². The Labute approximate surface area is 249 Å². The number of nitriles is 6. The molecule has 0 atom stereocenters. The molecule has 0 aliphatic heterocycles. The highest BCUT2D eigenvalue weighted by molar-refractivity contribution is 6.18. The molecule has 0 amide bonds. The highest BCUT2D eigenvalue weighted by Crippen LogP contribution is 2.52. The number of hydrogen-bond acceptors (Lipinski definition) is 6. The molecule has 0 saturated heterocycles. The Balaban J connectivity index is 1.88. The zero-order chi connectivity index (χ0) is 31.7. The Morgan fingerprint density at radius 3 is 1.27 bits per heavy atom. The lowest BCUT2D eigenvalue weighted by Crippen LogP contribution is -1.96. The minimum atomic E-state index is -1.08. The van der Waals surface area contributed by atoms with Crippen LogP contribution in [0.4, 0.5) is 20.2 Å². The second-order valence-corrected chi connectivity index (χ2v) is 9.25. The molecule has 0 saturated carbocycles. The number of benzene rings is 3. The molecule has 2 aliphatic rings. The lowest BCUT2D eigenvalue weighted by Gasteiger charge is -2.12. The van der Waals surface area contributed by atoms with Crippen molar-refractivity contribution in [2.75, 3.05) is 0 Å². The molecule has 0 bridgehead atoms. The van der Waals surface area contributed by atoms with Crippen LogP contribution in [-0.4, -0.2) is 0 Å². The van der Waals surface area contributed by atoms with Crippen molar-refractivity contribution in [1.29, 1.82) is 31.6 Å². The Morgan fingerprint density at radius 2 is 0.932 bits per heavy atom. The van der Waals surface area contributed by atoms with E-state index in [4.69, 9.17) is 13.1 Å². The van der Waals surface area contributed by atoms with E-state index in [1.54, 1.807) is 12.1 Å². The van der Waals surface area contributed by atoms with Gasteiger partial charge in [0.05, 0.1) is 58.7 Å². The summed E-state index contributed by atoms with van der Waals surface area (Å²) >= 11 is 0. The van der Waals surface area contributed by atoms with E-state index in [9.17, 15) is 31.6 Å². The molecular formula is C34H8F2N8. The molecule has 198 valence electrons. The monoisotopic (exact) mass is 566 g/mol. The second-order valence-electron chi connectivity index (χ2n) is 9.25. The van der Waals surface area contributed by atoms with Crippen LogP contribution in [-0.2, 0) is 0 Å². The van der Waals surface area contributed by atoms with Crippen molar-refractivity contribution in [3.05, 3.63) is 128 Å². The van der Waals surface area contributed by atoms with E-state index < -0.39 is 22.8 Å². The van der Waals surface area contributed by atoms with Crippen LogP contribution >= 0.6 is 0 Å². The van der Waals surface area contributed by atoms with Crippen molar-refractivity contribution < 1.29 is 8.78 Å². The number of hydrogen-bond donors (Lipinski definition) is 0. The fourth-order valence-electron chi connectivity index (χ4n) is 5.16. The van der Waals surface area contributed by atoms with E-state index in [1.165, 1.54) is 48.5 Å². The molecule has 44 heavy (non-hydrogen) atoms. The molecular weight excluding hydrogens is 558 g/mol. The zero-order valence-electron chi connectivity index (χ0n) is 22.0. The Kier molecular flexibility index (Phi) is 6.83. The number of allylic oxidation sites excluding steroid dienone is 8. The van der Waals surface area contributed by atoms with Gasteiger partial charge >= 0.3 is 0 Å². The molecule has 0 fully saturated rings. The van der Waals surface area contributed by atoms with Crippen molar-refractivity contribution in [2.45, 2.75) is 0 Å². The summed E-state index contributed by atoms with van der Waals surface area (Å²) in [5, 5.41) is 58.8. The van der Waals surface area contributed by atoms with Gasteiger partial charge in [0.2, 0.25) is 0 Å². The molecule has 3 aromatic carbocycles. The third-order valence-electron chi connectivity index (χ3n) is 6.99. The van der Waals surface area contributed by atoms with Crippen LogP contribution in [0.3, 0.4) is 0 Å². The molecule has 0 unspecified atom stereocenters. The summed E-state index contributed by atoms with van der Waals surface area (Å²) in [6, 6.07) is 21.3. The third kappa shape index (κ3) is 4.13. The van der Waals surface area contributed by atoms with Gasteiger partial charge < -0.3 is 0 Å². The highest BCUT2D eigenvalue weighted by atomic mass is 19.1. The van der Waals surface area contributed by atoms with Gasteiger partial charge in [0, 0.05) is 22.3 Å². The standard InChI is InChI=1S/C34H8F2N8/c1-43-21-6-20(7-22(8-21)44-2)28(14-40)32-26-10-23-25(9-24(26)30(16-42)34(32)36)31(33(35)29(23)15-41)27(13-39)19-4-17(11-37)3-18(5-19)12-38/h3-10H/b31-27-,32-28-. The minimum absolute atomic E-state index is 0.00881. The minimum Gasteiger partial charge on any atom is -0.239 e. The molecule has 8 nitrogen and oxygen atoms in total. The third-order valence-corrected chi connectivity index (χ3v) is 6.99. The fraction of sp³-hybridized carbons (Fsp3) is 0. The maximum Gasteiger partial charge on any atom is 0.177 e. The summed E-state index contributed by atoms with van der Waals surface area (Å²) < 4.78 is 32.0. The maximum atomic E-state index is 16.0. The number of nitrogens with zero attached hydrogens (tertiary/aromatic N) is 8. The molecule has 0 spiro atoms. The normalized spacial score (nSPS) is 14.8. The number of fused-ring (bicyclic) bond motifs is 2. The van der Waals surface area contributed by atoms with Crippen LogP contribution in [0.25, 0.3) is 43.1 Å². The molecule has 3 aromatic rings. The van der Waals surface area contributed by atoms with Crippen LogP contribution in [0.1, 0.15) is 44.5 Å². The van der Waals surface area contributed by atoms with Gasteiger partial charge in [0.25, 0.3) is 0 Å². The Morgan fingerprint density at radius 1 is 0.523 bits per heavy atom. The van der Waals surface area contributed by atoms with Gasteiger partial charge in [-0.25, -0.2) is 18.5 Å². The SMILES string of the molecule is [C-]#[N+]c1cc([N+]#[C-])cc(/C(C#N)=C2\C(F)=C(C#N)c3cc4c(cc32)C(C#N)=C(F)/C4=C(/C#N)c2cc(C#N)cc(C#N)c2)c1. The molecule has 10 heteroatoms.